The van der Waals surface area contributed by atoms with Crippen LogP contribution in [-0.2, 0) is 9.53 Å². The van der Waals surface area contributed by atoms with Gasteiger partial charge in [-0.1, -0.05) is 6.08 Å². The molecule has 11 heavy (non-hydrogen) atoms. The maximum Gasteiger partial charge on any atom is 0.241 e. The van der Waals surface area contributed by atoms with Crippen LogP contribution < -0.4 is 5.73 Å². The second-order valence-corrected chi connectivity index (χ2v) is 2.71. The molecule has 0 saturated carbocycles. The molecule has 62 valence electrons. The lowest BCUT2D eigenvalue weighted by molar-refractivity contribution is -0.113. The van der Waals surface area contributed by atoms with Gasteiger partial charge in [0.1, 0.15) is 0 Å². The standard InChI is InChI=1S/C8H13NO2/c9-8(10)2-1-7-3-5-11-6-4-7/h1-2,7H,3-6H2,(H2,9,10). The molecule has 1 rings (SSSR count). The van der Waals surface area contributed by atoms with Crippen molar-refractivity contribution in [2.75, 3.05) is 13.2 Å². The Morgan fingerprint density at radius 2 is 2.09 bits per heavy atom. The van der Waals surface area contributed by atoms with Gasteiger partial charge < -0.3 is 10.5 Å². The molecule has 1 aliphatic heterocycles. The Morgan fingerprint density at radius 1 is 1.45 bits per heavy atom. The maximum atomic E-state index is 10.3. The van der Waals surface area contributed by atoms with E-state index in [4.69, 9.17) is 10.5 Å². The van der Waals surface area contributed by atoms with Gasteiger partial charge in [0.2, 0.25) is 5.91 Å². The van der Waals surface area contributed by atoms with E-state index in [-0.39, 0.29) is 5.91 Å². The topological polar surface area (TPSA) is 52.3 Å². The number of hydrogen-bond donors (Lipinski definition) is 1. The summed E-state index contributed by atoms with van der Waals surface area (Å²) in [5.41, 5.74) is 4.95. The molecule has 2 N–H and O–H groups in total. The third-order valence-electron chi connectivity index (χ3n) is 1.80. The monoisotopic (exact) mass is 155 g/mol. The number of primary amides is 1. The summed E-state index contributed by atoms with van der Waals surface area (Å²) in [5.74, 6) is 0.118. The SMILES string of the molecule is NC(=O)C=CC1CCOCC1. The zero-order valence-corrected chi connectivity index (χ0v) is 6.45. The fourth-order valence-corrected chi connectivity index (χ4v) is 1.14. The van der Waals surface area contributed by atoms with E-state index in [1.807, 2.05) is 6.08 Å². The predicted octanol–water partition coefficient (Wildman–Crippen LogP) is 0.455. The number of amides is 1. The fourth-order valence-electron chi connectivity index (χ4n) is 1.14. The molecule has 1 saturated heterocycles. The van der Waals surface area contributed by atoms with Crippen LogP contribution in [-0.4, -0.2) is 19.1 Å². The van der Waals surface area contributed by atoms with Gasteiger partial charge in [0.25, 0.3) is 0 Å². The average molecular weight is 155 g/mol. The fraction of sp³-hybridized carbons (Fsp3) is 0.625. The van der Waals surface area contributed by atoms with E-state index in [1.54, 1.807) is 0 Å². The average Bonchev–Trinajstić information content (AvgIpc) is 2.03. The molecule has 0 aromatic heterocycles. The third-order valence-corrected chi connectivity index (χ3v) is 1.80. The molecule has 1 fully saturated rings. The first-order chi connectivity index (χ1) is 5.29. The van der Waals surface area contributed by atoms with Gasteiger partial charge in [0, 0.05) is 13.2 Å². The molecule has 1 amide bonds. The van der Waals surface area contributed by atoms with E-state index in [0.29, 0.717) is 5.92 Å². The van der Waals surface area contributed by atoms with E-state index in [2.05, 4.69) is 0 Å². The van der Waals surface area contributed by atoms with Crippen molar-refractivity contribution in [1.29, 1.82) is 0 Å². The smallest absolute Gasteiger partial charge is 0.241 e. The first kappa shape index (κ1) is 8.27. The predicted molar refractivity (Wildman–Crippen MR) is 41.9 cm³/mol. The molecule has 1 aliphatic rings. The van der Waals surface area contributed by atoms with E-state index >= 15 is 0 Å². The van der Waals surface area contributed by atoms with Crippen LogP contribution in [0.1, 0.15) is 12.8 Å². The molecule has 3 heteroatoms. The molecule has 0 radical (unpaired) electrons. The molecule has 0 aromatic rings. The molecular weight excluding hydrogens is 142 g/mol. The van der Waals surface area contributed by atoms with Crippen LogP contribution in [0.5, 0.6) is 0 Å². The Labute approximate surface area is 66.2 Å². The van der Waals surface area contributed by atoms with E-state index in [0.717, 1.165) is 26.1 Å². The van der Waals surface area contributed by atoms with Crippen molar-refractivity contribution in [2.24, 2.45) is 11.7 Å². The number of nitrogens with two attached hydrogens (primary N) is 1. The summed E-state index contributed by atoms with van der Waals surface area (Å²) in [6.07, 6.45) is 5.33. The van der Waals surface area contributed by atoms with Crippen LogP contribution in [0.15, 0.2) is 12.2 Å². The van der Waals surface area contributed by atoms with Gasteiger partial charge in [-0.05, 0) is 24.8 Å². The number of ether oxygens (including phenoxy) is 1. The van der Waals surface area contributed by atoms with Gasteiger partial charge in [0.05, 0.1) is 0 Å². The lowest BCUT2D eigenvalue weighted by Gasteiger charge is -2.18. The molecule has 0 atom stereocenters. The van der Waals surface area contributed by atoms with Crippen LogP contribution in [0, 0.1) is 5.92 Å². The highest BCUT2D eigenvalue weighted by Crippen LogP contribution is 2.15. The van der Waals surface area contributed by atoms with Crippen LogP contribution >= 0.6 is 0 Å². The lowest BCUT2D eigenvalue weighted by Crippen LogP contribution is -2.14. The molecule has 0 aromatic carbocycles. The van der Waals surface area contributed by atoms with Gasteiger partial charge in [0.15, 0.2) is 0 Å². The minimum absolute atomic E-state index is 0.364. The summed E-state index contributed by atoms with van der Waals surface area (Å²) < 4.78 is 5.16. The van der Waals surface area contributed by atoms with Gasteiger partial charge in [-0.3, -0.25) is 4.79 Å². The first-order valence-corrected chi connectivity index (χ1v) is 3.84. The lowest BCUT2D eigenvalue weighted by atomic mass is 10.00. The minimum Gasteiger partial charge on any atom is -0.381 e. The Morgan fingerprint density at radius 3 is 2.64 bits per heavy atom. The summed E-state index contributed by atoms with van der Waals surface area (Å²) in [6.45, 7) is 1.60. The third kappa shape index (κ3) is 3.18. The minimum atomic E-state index is -0.364. The first-order valence-electron chi connectivity index (χ1n) is 3.84. The van der Waals surface area contributed by atoms with Gasteiger partial charge in [-0.15, -0.1) is 0 Å². The second-order valence-electron chi connectivity index (χ2n) is 2.71. The normalized spacial score (nSPS) is 20.7. The zero-order valence-electron chi connectivity index (χ0n) is 6.45. The molecule has 0 spiro atoms. The number of carbonyl (C=O) groups excluding carboxylic acids is 1. The highest BCUT2D eigenvalue weighted by Gasteiger charge is 2.09. The Hall–Kier alpha value is -0.830. The highest BCUT2D eigenvalue weighted by molar-refractivity contribution is 5.85. The Bertz CT molecular complexity index is 159. The van der Waals surface area contributed by atoms with Crippen LogP contribution in [0.4, 0.5) is 0 Å². The quantitative estimate of drug-likeness (QED) is 0.589. The summed E-state index contributed by atoms with van der Waals surface area (Å²) in [7, 11) is 0. The zero-order chi connectivity index (χ0) is 8.10. The Balaban J connectivity index is 2.29. The number of hydrogen-bond acceptors (Lipinski definition) is 2. The van der Waals surface area contributed by atoms with E-state index in [1.165, 1.54) is 6.08 Å². The van der Waals surface area contributed by atoms with Gasteiger partial charge >= 0.3 is 0 Å². The molecule has 0 bridgehead atoms. The van der Waals surface area contributed by atoms with Gasteiger partial charge in [-0.25, -0.2) is 0 Å². The number of carbonyl (C=O) groups is 1. The van der Waals surface area contributed by atoms with Crippen molar-refractivity contribution in [3.63, 3.8) is 0 Å². The van der Waals surface area contributed by atoms with Crippen molar-refractivity contribution in [1.82, 2.24) is 0 Å². The second kappa shape index (κ2) is 4.13. The molecule has 0 unspecified atom stereocenters. The summed E-state index contributed by atoms with van der Waals surface area (Å²) in [6, 6.07) is 0. The van der Waals surface area contributed by atoms with Crippen molar-refractivity contribution in [2.45, 2.75) is 12.8 Å². The van der Waals surface area contributed by atoms with Gasteiger partial charge in [-0.2, -0.15) is 0 Å². The molecule has 1 heterocycles. The van der Waals surface area contributed by atoms with Crippen molar-refractivity contribution in [3.05, 3.63) is 12.2 Å². The van der Waals surface area contributed by atoms with Crippen LogP contribution in [0.25, 0.3) is 0 Å². The molecule has 0 aliphatic carbocycles. The van der Waals surface area contributed by atoms with Crippen molar-refractivity contribution < 1.29 is 9.53 Å². The highest BCUT2D eigenvalue weighted by atomic mass is 16.5. The van der Waals surface area contributed by atoms with E-state index < -0.39 is 0 Å². The summed E-state index contributed by atoms with van der Waals surface area (Å²) >= 11 is 0. The molecule has 3 nitrogen and oxygen atoms in total. The van der Waals surface area contributed by atoms with Crippen molar-refractivity contribution >= 4 is 5.91 Å². The largest absolute Gasteiger partial charge is 0.381 e. The van der Waals surface area contributed by atoms with Crippen LogP contribution in [0.2, 0.25) is 0 Å². The Kier molecular flexibility index (Phi) is 3.11. The number of allylic oxidation sites excluding steroid dienone is 1. The van der Waals surface area contributed by atoms with Crippen molar-refractivity contribution in [3.8, 4) is 0 Å². The summed E-state index contributed by atoms with van der Waals surface area (Å²) in [4.78, 5) is 10.3. The number of rotatable bonds is 2. The summed E-state index contributed by atoms with van der Waals surface area (Å²) in [5, 5.41) is 0. The molecular formula is C8H13NO2. The van der Waals surface area contributed by atoms with Crippen LogP contribution in [0.3, 0.4) is 0 Å². The van der Waals surface area contributed by atoms with E-state index in [9.17, 15) is 4.79 Å². The maximum absolute atomic E-state index is 10.3.